The molecule has 2 N–H and O–H groups in total. The summed E-state index contributed by atoms with van der Waals surface area (Å²) in [6.45, 7) is 1.32. The highest BCUT2D eigenvalue weighted by Crippen LogP contribution is 2.35. The van der Waals surface area contributed by atoms with Gasteiger partial charge in [-0.15, -0.1) is 11.3 Å². The first-order chi connectivity index (χ1) is 10.2. The van der Waals surface area contributed by atoms with Gasteiger partial charge in [-0.05, 0) is 24.3 Å². The van der Waals surface area contributed by atoms with Crippen LogP contribution in [0.3, 0.4) is 0 Å². The molecule has 0 aliphatic heterocycles. The van der Waals surface area contributed by atoms with E-state index in [2.05, 4.69) is 10.0 Å². The summed E-state index contributed by atoms with van der Waals surface area (Å²) >= 11 is 18.5. The Labute approximate surface area is 146 Å². The minimum Gasteiger partial charge on any atom is -0.325 e. The summed E-state index contributed by atoms with van der Waals surface area (Å²) < 4.78 is 27.3. The standard InChI is InChI=1S/C12H9Cl3N2O3S2/c1-6(18)16-9-4-7(2-3-8(9)13)17-22(19,20)10-5-11(14)21-12(10)15/h2-5,17H,1H3,(H,16,18). The second-order valence-corrected chi connectivity index (χ2v) is 8.51. The van der Waals surface area contributed by atoms with Crippen molar-refractivity contribution in [2.24, 2.45) is 0 Å². The van der Waals surface area contributed by atoms with Crippen LogP contribution in [0.4, 0.5) is 11.4 Å². The number of halogens is 3. The Kier molecular flexibility index (Phi) is 5.24. The molecule has 0 atom stereocenters. The molecule has 22 heavy (non-hydrogen) atoms. The molecule has 0 aliphatic rings. The minimum atomic E-state index is -3.89. The zero-order valence-corrected chi connectivity index (χ0v) is 14.9. The molecule has 0 saturated carbocycles. The van der Waals surface area contributed by atoms with E-state index in [1.807, 2.05) is 0 Å². The number of anilines is 2. The Balaban J connectivity index is 2.34. The predicted molar refractivity (Wildman–Crippen MR) is 90.9 cm³/mol. The van der Waals surface area contributed by atoms with Gasteiger partial charge >= 0.3 is 0 Å². The maximum atomic E-state index is 12.3. The smallest absolute Gasteiger partial charge is 0.264 e. The zero-order chi connectivity index (χ0) is 16.5. The van der Waals surface area contributed by atoms with Gasteiger partial charge in [-0.25, -0.2) is 8.42 Å². The Bertz CT molecular complexity index is 834. The highest BCUT2D eigenvalue weighted by Gasteiger charge is 2.21. The number of amides is 1. The lowest BCUT2D eigenvalue weighted by Crippen LogP contribution is -2.13. The number of rotatable bonds is 4. The second kappa shape index (κ2) is 6.64. The molecule has 0 radical (unpaired) electrons. The van der Waals surface area contributed by atoms with E-state index in [0.29, 0.717) is 5.69 Å². The van der Waals surface area contributed by atoms with Crippen molar-refractivity contribution in [1.29, 1.82) is 0 Å². The Hall–Kier alpha value is -0.990. The van der Waals surface area contributed by atoms with Crippen LogP contribution in [0.1, 0.15) is 6.92 Å². The van der Waals surface area contributed by atoms with Crippen molar-refractivity contribution in [3.63, 3.8) is 0 Å². The number of sulfonamides is 1. The van der Waals surface area contributed by atoms with Gasteiger partial charge in [-0.2, -0.15) is 0 Å². The van der Waals surface area contributed by atoms with Gasteiger partial charge in [0, 0.05) is 6.92 Å². The van der Waals surface area contributed by atoms with Crippen LogP contribution in [0.2, 0.25) is 13.7 Å². The fourth-order valence-electron chi connectivity index (χ4n) is 1.59. The average molecular weight is 400 g/mol. The highest BCUT2D eigenvalue weighted by atomic mass is 35.5. The van der Waals surface area contributed by atoms with Crippen LogP contribution in [0.5, 0.6) is 0 Å². The summed E-state index contributed by atoms with van der Waals surface area (Å²) in [5.74, 6) is -0.324. The minimum absolute atomic E-state index is 0.0635. The summed E-state index contributed by atoms with van der Waals surface area (Å²) in [6.07, 6.45) is 0. The molecule has 1 heterocycles. The maximum Gasteiger partial charge on any atom is 0.264 e. The third kappa shape index (κ3) is 4.05. The van der Waals surface area contributed by atoms with Gasteiger partial charge in [-0.1, -0.05) is 34.8 Å². The fourth-order valence-corrected chi connectivity index (χ4v) is 4.96. The molecule has 0 spiro atoms. The van der Waals surface area contributed by atoms with Gasteiger partial charge in [0.05, 0.1) is 20.7 Å². The molecular weight excluding hydrogens is 391 g/mol. The van der Waals surface area contributed by atoms with Crippen molar-refractivity contribution in [1.82, 2.24) is 0 Å². The van der Waals surface area contributed by atoms with Crippen LogP contribution in [0, 0.1) is 0 Å². The van der Waals surface area contributed by atoms with E-state index in [0.717, 1.165) is 11.3 Å². The summed E-state index contributed by atoms with van der Waals surface area (Å²) in [6, 6.07) is 5.60. The van der Waals surface area contributed by atoms with Gasteiger partial charge in [-0.3, -0.25) is 9.52 Å². The van der Waals surface area contributed by atoms with Gasteiger partial charge in [0.25, 0.3) is 10.0 Å². The molecule has 0 unspecified atom stereocenters. The molecule has 1 aromatic carbocycles. The number of nitrogens with one attached hydrogen (secondary N) is 2. The molecule has 5 nitrogen and oxygen atoms in total. The van der Waals surface area contributed by atoms with E-state index in [4.69, 9.17) is 34.8 Å². The van der Waals surface area contributed by atoms with Gasteiger partial charge in [0.15, 0.2) is 0 Å². The number of hydrogen-bond acceptors (Lipinski definition) is 4. The molecule has 0 fully saturated rings. The average Bonchev–Trinajstić information content (AvgIpc) is 2.72. The topological polar surface area (TPSA) is 75.3 Å². The van der Waals surface area contributed by atoms with E-state index in [9.17, 15) is 13.2 Å². The van der Waals surface area contributed by atoms with Crippen molar-refractivity contribution in [2.75, 3.05) is 10.0 Å². The lowest BCUT2D eigenvalue weighted by molar-refractivity contribution is -0.114. The summed E-state index contributed by atoms with van der Waals surface area (Å²) in [7, 11) is -3.89. The van der Waals surface area contributed by atoms with E-state index >= 15 is 0 Å². The predicted octanol–water partition coefficient (Wildman–Crippen LogP) is 4.47. The van der Waals surface area contributed by atoms with Crippen LogP contribution in [0.25, 0.3) is 0 Å². The number of hydrogen-bond donors (Lipinski definition) is 2. The number of thiophene rings is 1. The first kappa shape index (κ1) is 17.4. The molecule has 1 amide bonds. The normalized spacial score (nSPS) is 11.3. The van der Waals surface area contributed by atoms with E-state index in [-0.39, 0.29) is 30.2 Å². The fraction of sp³-hybridized carbons (Fsp3) is 0.0833. The van der Waals surface area contributed by atoms with E-state index in [1.165, 1.54) is 31.2 Å². The largest absolute Gasteiger partial charge is 0.325 e. The zero-order valence-electron chi connectivity index (χ0n) is 11.0. The lowest BCUT2D eigenvalue weighted by atomic mass is 10.3. The molecule has 0 bridgehead atoms. The molecule has 0 saturated heterocycles. The van der Waals surface area contributed by atoms with Crippen LogP contribution in [-0.4, -0.2) is 14.3 Å². The third-order valence-electron chi connectivity index (χ3n) is 2.44. The Morgan fingerprint density at radius 1 is 1.18 bits per heavy atom. The molecule has 2 rings (SSSR count). The number of benzene rings is 1. The first-order valence-corrected chi connectivity index (χ1v) is 9.17. The first-order valence-electron chi connectivity index (χ1n) is 5.74. The van der Waals surface area contributed by atoms with Gasteiger partial charge in [0.1, 0.15) is 9.23 Å². The van der Waals surface area contributed by atoms with Crippen molar-refractivity contribution < 1.29 is 13.2 Å². The SMILES string of the molecule is CC(=O)Nc1cc(NS(=O)(=O)c2cc(Cl)sc2Cl)ccc1Cl. The van der Waals surface area contributed by atoms with Gasteiger partial charge < -0.3 is 5.32 Å². The van der Waals surface area contributed by atoms with Gasteiger partial charge in [0.2, 0.25) is 5.91 Å². The van der Waals surface area contributed by atoms with Crippen molar-refractivity contribution in [2.45, 2.75) is 11.8 Å². The van der Waals surface area contributed by atoms with E-state index < -0.39 is 10.0 Å². The molecule has 10 heteroatoms. The van der Waals surface area contributed by atoms with Crippen LogP contribution in [-0.2, 0) is 14.8 Å². The monoisotopic (exact) mass is 398 g/mol. The second-order valence-electron chi connectivity index (χ2n) is 4.17. The Morgan fingerprint density at radius 2 is 1.86 bits per heavy atom. The van der Waals surface area contributed by atoms with Crippen molar-refractivity contribution in [3.8, 4) is 0 Å². The molecule has 0 aliphatic carbocycles. The Morgan fingerprint density at radius 3 is 2.41 bits per heavy atom. The number of carbonyl (C=O) groups is 1. The van der Waals surface area contributed by atoms with E-state index in [1.54, 1.807) is 0 Å². The lowest BCUT2D eigenvalue weighted by Gasteiger charge is -2.10. The maximum absolute atomic E-state index is 12.3. The van der Waals surface area contributed by atoms with Crippen molar-refractivity contribution >= 4 is 73.4 Å². The third-order valence-corrected chi connectivity index (χ3v) is 5.91. The molecule has 2 aromatic rings. The van der Waals surface area contributed by atoms with Crippen LogP contribution in [0.15, 0.2) is 29.2 Å². The summed E-state index contributed by atoms with van der Waals surface area (Å²) in [5, 5.41) is 2.79. The quantitative estimate of drug-likeness (QED) is 0.796. The molecule has 1 aromatic heterocycles. The molecule has 118 valence electrons. The molecular formula is C12H9Cl3N2O3S2. The van der Waals surface area contributed by atoms with Crippen LogP contribution >= 0.6 is 46.1 Å². The van der Waals surface area contributed by atoms with Crippen molar-refractivity contribution in [3.05, 3.63) is 38.0 Å². The number of carbonyl (C=O) groups excluding carboxylic acids is 1. The summed E-state index contributed by atoms with van der Waals surface area (Å²) in [4.78, 5) is 11.0. The highest BCUT2D eigenvalue weighted by molar-refractivity contribution is 7.93. The summed E-state index contributed by atoms with van der Waals surface area (Å²) in [5.41, 5.74) is 0.523. The van der Waals surface area contributed by atoms with Crippen LogP contribution < -0.4 is 10.0 Å².